The van der Waals surface area contributed by atoms with Crippen LogP contribution in [0.25, 0.3) is 0 Å². The van der Waals surface area contributed by atoms with Gasteiger partial charge in [-0.05, 0) is 48.9 Å². The van der Waals surface area contributed by atoms with Crippen molar-refractivity contribution in [3.8, 4) is 0 Å². The highest BCUT2D eigenvalue weighted by Crippen LogP contribution is 2.11. The number of primary amides is 1. The third-order valence-electron chi connectivity index (χ3n) is 3.15. The number of halogens is 2. The van der Waals surface area contributed by atoms with E-state index >= 15 is 0 Å². The lowest BCUT2D eigenvalue weighted by Gasteiger charge is -2.07. The quantitative estimate of drug-likeness (QED) is 0.806. The van der Waals surface area contributed by atoms with Crippen molar-refractivity contribution >= 4 is 17.5 Å². The molecule has 3 N–H and O–H groups in total. The van der Waals surface area contributed by atoms with Crippen LogP contribution in [-0.4, -0.2) is 12.5 Å². The van der Waals surface area contributed by atoms with Crippen molar-refractivity contribution < 1.29 is 9.18 Å². The largest absolute Gasteiger partial charge is 0.366 e. The van der Waals surface area contributed by atoms with Crippen LogP contribution in [0.4, 0.5) is 4.39 Å². The van der Waals surface area contributed by atoms with Crippen LogP contribution in [-0.2, 0) is 13.0 Å². The lowest BCUT2D eigenvalue weighted by molar-refractivity contribution is 0.1000. The molecular weight excluding hydrogens is 291 g/mol. The van der Waals surface area contributed by atoms with Crippen LogP contribution in [0.5, 0.6) is 0 Å². The molecule has 0 spiro atoms. The van der Waals surface area contributed by atoms with Gasteiger partial charge in [-0.15, -0.1) is 0 Å². The summed E-state index contributed by atoms with van der Waals surface area (Å²) >= 11 is 5.82. The van der Waals surface area contributed by atoms with Gasteiger partial charge < -0.3 is 11.1 Å². The molecule has 0 radical (unpaired) electrons. The van der Waals surface area contributed by atoms with Crippen LogP contribution in [0.15, 0.2) is 42.5 Å². The molecule has 0 saturated carbocycles. The molecular formula is C16H16ClFN2O. The van der Waals surface area contributed by atoms with Crippen LogP contribution < -0.4 is 11.1 Å². The lowest BCUT2D eigenvalue weighted by Crippen LogP contribution is -2.18. The molecule has 0 saturated heterocycles. The third-order valence-corrected chi connectivity index (χ3v) is 3.40. The standard InChI is InChI=1S/C16H16ClFN2O/c17-14-4-1-11(2-5-14)7-8-20-10-13-9-12(16(19)21)3-6-15(13)18/h1-6,9,20H,7-8,10H2,(H2,19,21). The maximum atomic E-state index is 13.6. The van der Waals surface area contributed by atoms with Crippen molar-refractivity contribution in [3.63, 3.8) is 0 Å². The van der Waals surface area contributed by atoms with Crippen LogP contribution >= 0.6 is 11.6 Å². The smallest absolute Gasteiger partial charge is 0.248 e. The average Bonchev–Trinajstić information content (AvgIpc) is 2.47. The Morgan fingerprint density at radius 3 is 2.57 bits per heavy atom. The van der Waals surface area contributed by atoms with Crippen molar-refractivity contribution in [3.05, 3.63) is 70.0 Å². The van der Waals surface area contributed by atoms with Crippen LogP contribution in [0.2, 0.25) is 5.02 Å². The van der Waals surface area contributed by atoms with Gasteiger partial charge in [-0.25, -0.2) is 4.39 Å². The molecule has 0 heterocycles. The number of hydrogen-bond acceptors (Lipinski definition) is 2. The van der Waals surface area contributed by atoms with E-state index in [-0.39, 0.29) is 5.82 Å². The molecule has 0 aromatic heterocycles. The molecule has 1 amide bonds. The van der Waals surface area contributed by atoms with Crippen molar-refractivity contribution in [1.82, 2.24) is 5.32 Å². The molecule has 0 fully saturated rings. The molecule has 2 rings (SSSR count). The first kappa shape index (κ1) is 15.5. The highest BCUT2D eigenvalue weighted by atomic mass is 35.5. The summed E-state index contributed by atoms with van der Waals surface area (Å²) < 4.78 is 13.6. The van der Waals surface area contributed by atoms with Gasteiger partial charge in [0.1, 0.15) is 5.82 Å². The highest BCUT2D eigenvalue weighted by molar-refractivity contribution is 6.30. The Hall–Kier alpha value is -1.91. The third kappa shape index (κ3) is 4.55. The first-order valence-corrected chi connectivity index (χ1v) is 6.97. The van der Waals surface area contributed by atoms with Crippen molar-refractivity contribution in [2.45, 2.75) is 13.0 Å². The SMILES string of the molecule is NC(=O)c1ccc(F)c(CNCCc2ccc(Cl)cc2)c1. The Bertz CT molecular complexity index is 629. The minimum atomic E-state index is -0.558. The number of nitrogens with two attached hydrogens (primary N) is 1. The fraction of sp³-hybridized carbons (Fsp3) is 0.188. The Morgan fingerprint density at radius 1 is 1.19 bits per heavy atom. The number of amides is 1. The van der Waals surface area contributed by atoms with Gasteiger partial charge in [0.15, 0.2) is 0 Å². The minimum Gasteiger partial charge on any atom is -0.366 e. The van der Waals surface area contributed by atoms with Gasteiger partial charge in [-0.3, -0.25) is 4.79 Å². The Morgan fingerprint density at radius 2 is 1.90 bits per heavy atom. The van der Waals surface area contributed by atoms with Gasteiger partial charge in [-0.2, -0.15) is 0 Å². The molecule has 0 bridgehead atoms. The summed E-state index contributed by atoms with van der Waals surface area (Å²) in [6.45, 7) is 1.04. The molecule has 3 nitrogen and oxygen atoms in total. The predicted octanol–water partition coefficient (Wildman–Crippen LogP) is 2.91. The number of benzene rings is 2. The molecule has 21 heavy (non-hydrogen) atoms. The molecule has 0 aliphatic heterocycles. The normalized spacial score (nSPS) is 10.6. The molecule has 0 aliphatic carbocycles. The lowest BCUT2D eigenvalue weighted by atomic mass is 10.1. The second kappa shape index (κ2) is 7.20. The van der Waals surface area contributed by atoms with E-state index in [0.29, 0.717) is 29.2 Å². The van der Waals surface area contributed by atoms with Crippen LogP contribution in [0.1, 0.15) is 21.5 Å². The van der Waals surface area contributed by atoms with Crippen LogP contribution in [0.3, 0.4) is 0 Å². The van der Waals surface area contributed by atoms with Crippen molar-refractivity contribution in [2.75, 3.05) is 6.54 Å². The Kier molecular flexibility index (Phi) is 5.31. The van der Waals surface area contributed by atoms with E-state index < -0.39 is 5.91 Å². The number of carbonyl (C=O) groups is 1. The van der Waals surface area contributed by atoms with Gasteiger partial charge in [0.05, 0.1) is 0 Å². The zero-order valence-electron chi connectivity index (χ0n) is 11.4. The summed E-state index contributed by atoms with van der Waals surface area (Å²) in [4.78, 5) is 11.1. The first-order chi connectivity index (χ1) is 10.1. The summed E-state index contributed by atoms with van der Waals surface area (Å²) in [6, 6.07) is 11.7. The molecule has 110 valence electrons. The number of rotatable bonds is 6. The fourth-order valence-corrected chi connectivity index (χ4v) is 2.10. The predicted molar refractivity (Wildman–Crippen MR) is 81.8 cm³/mol. The molecule has 5 heteroatoms. The second-order valence-electron chi connectivity index (χ2n) is 4.72. The molecule has 0 atom stereocenters. The Labute approximate surface area is 127 Å². The number of nitrogens with one attached hydrogen (secondary N) is 1. The van der Waals surface area contributed by atoms with Crippen molar-refractivity contribution in [2.24, 2.45) is 5.73 Å². The Balaban J connectivity index is 1.87. The molecule has 0 unspecified atom stereocenters. The zero-order valence-corrected chi connectivity index (χ0v) is 12.2. The topological polar surface area (TPSA) is 55.1 Å². The van der Waals surface area contributed by atoms with Gasteiger partial charge in [-0.1, -0.05) is 23.7 Å². The summed E-state index contributed by atoms with van der Waals surface area (Å²) in [7, 11) is 0. The summed E-state index contributed by atoms with van der Waals surface area (Å²) in [6.07, 6.45) is 0.814. The summed E-state index contributed by atoms with van der Waals surface area (Å²) in [5.41, 5.74) is 7.08. The van der Waals surface area contributed by atoms with Gasteiger partial charge in [0, 0.05) is 22.7 Å². The minimum absolute atomic E-state index is 0.311. The number of carbonyl (C=O) groups excluding carboxylic acids is 1. The van der Waals surface area contributed by atoms with Gasteiger partial charge >= 0.3 is 0 Å². The van der Waals surface area contributed by atoms with E-state index in [1.165, 1.54) is 18.2 Å². The summed E-state index contributed by atoms with van der Waals surface area (Å²) in [5.74, 6) is -0.906. The summed E-state index contributed by atoms with van der Waals surface area (Å²) in [5, 5.41) is 3.85. The molecule has 0 aliphatic rings. The first-order valence-electron chi connectivity index (χ1n) is 6.59. The fourth-order valence-electron chi connectivity index (χ4n) is 1.97. The monoisotopic (exact) mass is 306 g/mol. The molecule has 2 aromatic rings. The number of hydrogen-bond donors (Lipinski definition) is 2. The van der Waals surface area contributed by atoms with E-state index in [1.54, 1.807) is 0 Å². The van der Waals surface area contributed by atoms with E-state index in [9.17, 15) is 9.18 Å². The highest BCUT2D eigenvalue weighted by Gasteiger charge is 2.06. The maximum Gasteiger partial charge on any atom is 0.248 e. The average molecular weight is 307 g/mol. The van der Waals surface area contributed by atoms with Crippen molar-refractivity contribution in [1.29, 1.82) is 0 Å². The van der Waals surface area contributed by atoms with E-state index in [4.69, 9.17) is 17.3 Å². The van der Waals surface area contributed by atoms with E-state index in [0.717, 1.165) is 12.0 Å². The van der Waals surface area contributed by atoms with Gasteiger partial charge in [0.25, 0.3) is 0 Å². The zero-order chi connectivity index (χ0) is 15.2. The van der Waals surface area contributed by atoms with Crippen LogP contribution in [0, 0.1) is 5.82 Å². The second-order valence-corrected chi connectivity index (χ2v) is 5.16. The molecule has 2 aromatic carbocycles. The van der Waals surface area contributed by atoms with Gasteiger partial charge in [0.2, 0.25) is 5.91 Å². The maximum absolute atomic E-state index is 13.6. The van der Waals surface area contributed by atoms with E-state index in [2.05, 4.69) is 5.32 Å². The van der Waals surface area contributed by atoms with E-state index in [1.807, 2.05) is 24.3 Å².